The van der Waals surface area contributed by atoms with E-state index in [4.69, 9.17) is 14.3 Å². The summed E-state index contributed by atoms with van der Waals surface area (Å²) in [7, 11) is 0. The lowest BCUT2D eigenvalue weighted by molar-refractivity contribution is -0.145. The molecule has 2 aromatic rings. The molecule has 3 rings (SSSR count). The summed E-state index contributed by atoms with van der Waals surface area (Å²) >= 11 is 0. The highest BCUT2D eigenvalue weighted by Crippen LogP contribution is 2.29. The van der Waals surface area contributed by atoms with Gasteiger partial charge in [0, 0.05) is 18.9 Å². The molecule has 10 nitrogen and oxygen atoms in total. The Morgan fingerprint density at radius 1 is 0.902 bits per heavy atom. The normalized spacial score (nSPS) is 17.0. The van der Waals surface area contributed by atoms with Crippen molar-refractivity contribution in [3.63, 3.8) is 0 Å². The van der Waals surface area contributed by atoms with Crippen LogP contribution in [-0.4, -0.2) is 49.7 Å². The van der Waals surface area contributed by atoms with Crippen LogP contribution in [0, 0.1) is 11.8 Å². The molecule has 2 aromatic carbocycles. The number of hydrogen-bond acceptors (Lipinski definition) is 8. The Bertz CT molecular complexity index is 1120. The van der Waals surface area contributed by atoms with E-state index in [0.717, 1.165) is 31.2 Å². The molecule has 1 saturated carbocycles. The summed E-state index contributed by atoms with van der Waals surface area (Å²) in [6, 6.07) is 14.8. The number of unbranched alkanes of at least 4 members (excludes halogenated alkanes) is 1. The molecule has 0 aliphatic heterocycles. The van der Waals surface area contributed by atoms with E-state index in [1.165, 1.54) is 0 Å². The lowest BCUT2D eigenvalue weighted by atomic mass is 9.81. The molecule has 1 aliphatic rings. The summed E-state index contributed by atoms with van der Waals surface area (Å²) in [5, 5.41) is 5.72. The third kappa shape index (κ3) is 10.8. The molecule has 0 aromatic heterocycles. The Kier molecular flexibility index (Phi) is 13.0. The van der Waals surface area contributed by atoms with Crippen LogP contribution >= 0.6 is 0 Å². The highest BCUT2D eigenvalue weighted by atomic mass is 16.7. The topological polar surface area (TPSA) is 132 Å². The minimum absolute atomic E-state index is 0.188. The maximum Gasteiger partial charge on any atom is 0.407 e. The first-order valence-corrected chi connectivity index (χ1v) is 14.4. The quantitative estimate of drug-likeness (QED) is 0.128. The van der Waals surface area contributed by atoms with Gasteiger partial charge >= 0.3 is 18.0 Å². The number of benzene rings is 2. The molecule has 2 amide bonds. The third-order valence-corrected chi connectivity index (χ3v) is 7.03. The summed E-state index contributed by atoms with van der Waals surface area (Å²) in [6.45, 7) is 4.98. The average Bonchev–Trinajstić information content (AvgIpc) is 2.99. The Hall–Kier alpha value is -4.08. The van der Waals surface area contributed by atoms with Gasteiger partial charge in [-0.3, -0.25) is 4.79 Å². The second-order valence-electron chi connectivity index (χ2n) is 10.2. The molecule has 0 unspecified atom stereocenters. The van der Waals surface area contributed by atoms with Crippen molar-refractivity contribution in [1.29, 1.82) is 0 Å². The highest BCUT2D eigenvalue weighted by molar-refractivity contribution is 5.90. The van der Waals surface area contributed by atoms with Crippen molar-refractivity contribution in [3.05, 3.63) is 65.7 Å². The number of alkyl carbamates (subject to hydrolysis) is 1. The predicted octanol–water partition coefficient (Wildman–Crippen LogP) is 4.79. The zero-order valence-electron chi connectivity index (χ0n) is 23.9. The molecule has 1 fully saturated rings. The zero-order chi connectivity index (χ0) is 29.5. The molecular weight excluding hydrogens is 526 g/mol. The minimum atomic E-state index is -0.895. The highest BCUT2D eigenvalue weighted by Gasteiger charge is 2.30. The van der Waals surface area contributed by atoms with Gasteiger partial charge in [-0.25, -0.2) is 19.9 Å². The van der Waals surface area contributed by atoms with Gasteiger partial charge in [0.25, 0.3) is 0 Å². The van der Waals surface area contributed by atoms with E-state index in [-0.39, 0.29) is 30.8 Å². The van der Waals surface area contributed by atoms with E-state index in [1.54, 1.807) is 31.2 Å². The van der Waals surface area contributed by atoms with Crippen LogP contribution in [0.2, 0.25) is 0 Å². The number of amides is 2. The molecule has 0 radical (unpaired) electrons. The van der Waals surface area contributed by atoms with Crippen molar-refractivity contribution in [2.75, 3.05) is 25.2 Å². The number of anilines is 1. The van der Waals surface area contributed by atoms with Crippen LogP contribution in [0.5, 0.6) is 0 Å². The number of carbonyl (C=O) groups excluding carboxylic acids is 4. The lowest BCUT2D eigenvalue weighted by Gasteiger charge is -2.29. The number of esters is 1. The van der Waals surface area contributed by atoms with Crippen molar-refractivity contribution in [2.45, 2.75) is 64.8 Å². The molecule has 0 spiro atoms. The fraction of sp³-hybridized carbons (Fsp3) is 0.484. The lowest BCUT2D eigenvalue weighted by Crippen LogP contribution is -2.47. The third-order valence-electron chi connectivity index (χ3n) is 7.03. The van der Waals surface area contributed by atoms with E-state index in [9.17, 15) is 19.2 Å². The van der Waals surface area contributed by atoms with Gasteiger partial charge in [0.05, 0.1) is 24.5 Å². The van der Waals surface area contributed by atoms with Gasteiger partial charge in [-0.2, -0.15) is 0 Å². The fourth-order valence-electron chi connectivity index (χ4n) is 4.62. The van der Waals surface area contributed by atoms with Crippen molar-refractivity contribution >= 4 is 29.6 Å². The second-order valence-corrected chi connectivity index (χ2v) is 10.2. The summed E-state index contributed by atoms with van der Waals surface area (Å²) in [4.78, 5) is 55.2. The maximum atomic E-state index is 13.2. The van der Waals surface area contributed by atoms with Gasteiger partial charge < -0.3 is 24.9 Å². The summed E-state index contributed by atoms with van der Waals surface area (Å²) in [5.41, 5.74) is 4.35. The molecule has 1 atom stereocenters. The average molecular weight is 568 g/mol. The number of nitrogens with one attached hydrogen (secondary N) is 3. The molecule has 1 aliphatic carbocycles. The first-order chi connectivity index (χ1) is 19.9. The van der Waals surface area contributed by atoms with E-state index in [2.05, 4.69) is 16.1 Å². The largest absolute Gasteiger partial charge is 0.462 e. The predicted molar refractivity (Wildman–Crippen MR) is 154 cm³/mol. The first-order valence-electron chi connectivity index (χ1n) is 14.4. The van der Waals surface area contributed by atoms with E-state index in [1.807, 2.05) is 37.3 Å². The fourth-order valence-corrected chi connectivity index (χ4v) is 4.62. The van der Waals surface area contributed by atoms with Gasteiger partial charge in [-0.05, 0) is 74.8 Å². The van der Waals surface area contributed by atoms with Crippen molar-refractivity contribution in [2.24, 2.45) is 11.8 Å². The molecule has 0 bridgehead atoms. The zero-order valence-corrected chi connectivity index (χ0v) is 23.9. The van der Waals surface area contributed by atoms with E-state index in [0.29, 0.717) is 37.2 Å². The SMILES string of the molecule is CCCCOC(=O)NCC1CCC(C(=O)N[C@@H](Cc2ccccc2)C(=O)ONc2ccc(C(=O)OCC)cc2)CC1. The number of hydrogen-bond donors (Lipinski definition) is 3. The van der Waals surface area contributed by atoms with Crippen molar-refractivity contribution < 1.29 is 33.5 Å². The van der Waals surface area contributed by atoms with Crippen LogP contribution < -0.4 is 16.1 Å². The Morgan fingerprint density at radius 2 is 1.61 bits per heavy atom. The Balaban J connectivity index is 1.51. The van der Waals surface area contributed by atoms with Crippen LogP contribution in [0.4, 0.5) is 10.5 Å². The van der Waals surface area contributed by atoms with Crippen LogP contribution in [0.25, 0.3) is 0 Å². The van der Waals surface area contributed by atoms with Crippen LogP contribution in [0.3, 0.4) is 0 Å². The maximum absolute atomic E-state index is 13.2. The van der Waals surface area contributed by atoms with E-state index >= 15 is 0 Å². The van der Waals surface area contributed by atoms with Crippen LogP contribution in [0.15, 0.2) is 54.6 Å². The molecular formula is C31H41N3O7. The summed E-state index contributed by atoms with van der Waals surface area (Å²) < 4.78 is 10.1. The van der Waals surface area contributed by atoms with Crippen LogP contribution in [0.1, 0.15) is 68.3 Å². The van der Waals surface area contributed by atoms with Gasteiger partial charge in [0.2, 0.25) is 5.91 Å². The molecule has 10 heteroatoms. The number of rotatable bonds is 14. The molecule has 41 heavy (non-hydrogen) atoms. The Labute approximate surface area is 241 Å². The second kappa shape index (κ2) is 16.9. The summed E-state index contributed by atoms with van der Waals surface area (Å²) in [6.07, 6.45) is 4.61. The van der Waals surface area contributed by atoms with Crippen molar-refractivity contribution in [1.82, 2.24) is 10.6 Å². The monoisotopic (exact) mass is 567 g/mol. The smallest absolute Gasteiger partial charge is 0.407 e. The Morgan fingerprint density at radius 3 is 2.27 bits per heavy atom. The first kappa shape index (κ1) is 31.4. The van der Waals surface area contributed by atoms with Crippen LogP contribution in [-0.2, 0) is 30.3 Å². The summed E-state index contributed by atoms with van der Waals surface area (Å²) in [5.74, 6) is -1.19. The standard InChI is InChI=1S/C31H41N3O7/c1-3-5-19-40-31(38)32-21-23-11-13-24(14-12-23)28(35)33-27(20-22-9-7-6-8-10-22)30(37)41-34-26-17-15-25(16-18-26)29(36)39-4-2/h6-10,15-18,23-24,27,34H,3-5,11-14,19-21H2,1-2H3,(H,32,38)(H,33,35)/t23?,24?,27-/m0/s1. The molecule has 0 heterocycles. The van der Waals surface area contributed by atoms with Crippen molar-refractivity contribution in [3.8, 4) is 0 Å². The van der Waals surface area contributed by atoms with Gasteiger partial charge in [0.1, 0.15) is 6.04 Å². The van der Waals surface area contributed by atoms with Gasteiger partial charge in [-0.1, -0.05) is 43.7 Å². The van der Waals surface area contributed by atoms with Gasteiger partial charge in [-0.15, -0.1) is 0 Å². The molecule has 222 valence electrons. The molecule has 0 saturated heterocycles. The van der Waals surface area contributed by atoms with E-state index < -0.39 is 24.1 Å². The number of ether oxygens (including phenoxy) is 2. The number of carbonyl (C=O) groups is 4. The molecule has 3 N–H and O–H groups in total. The minimum Gasteiger partial charge on any atom is -0.462 e. The van der Waals surface area contributed by atoms with Gasteiger partial charge in [0.15, 0.2) is 0 Å².